The van der Waals surface area contributed by atoms with Crippen molar-refractivity contribution in [1.29, 1.82) is 10.5 Å². The van der Waals surface area contributed by atoms with Crippen molar-refractivity contribution in [3.8, 4) is 12.1 Å². The van der Waals surface area contributed by atoms with Crippen molar-refractivity contribution in [1.82, 2.24) is 0 Å². The van der Waals surface area contributed by atoms with E-state index < -0.39 is 23.0 Å². The number of nitriles is 2. The maximum Gasteiger partial charge on any atom is 0.337 e. The van der Waals surface area contributed by atoms with Crippen LogP contribution in [0.3, 0.4) is 0 Å². The summed E-state index contributed by atoms with van der Waals surface area (Å²) >= 11 is 0.893. The molecule has 2 aromatic carbocycles. The van der Waals surface area contributed by atoms with E-state index in [0.717, 1.165) is 16.7 Å². The fraction of sp³-hybridized carbons (Fsp3) is 0.0952. The zero-order chi connectivity index (χ0) is 21.7. The second-order valence-corrected chi connectivity index (χ2v) is 7.33. The number of nitrogens with zero attached hydrogens (tertiary/aromatic N) is 3. The molecule has 1 fully saturated rings. The maximum absolute atomic E-state index is 13.0. The van der Waals surface area contributed by atoms with E-state index in [9.17, 15) is 30.0 Å². The summed E-state index contributed by atoms with van der Waals surface area (Å²) in [6.07, 6.45) is -0.193. The van der Waals surface area contributed by atoms with Crippen molar-refractivity contribution < 1.29 is 19.5 Å². The van der Waals surface area contributed by atoms with Gasteiger partial charge < -0.3 is 10.4 Å². The van der Waals surface area contributed by atoms with E-state index >= 15 is 0 Å². The van der Waals surface area contributed by atoms with Crippen LogP contribution in [-0.4, -0.2) is 28.1 Å². The molecular weight excluding hydrogens is 404 g/mol. The third-order valence-corrected chi connectivity index (χ3v) is 5.42. The van der Waals surface area contributed by atoms with E-state index in [1.54, 1.807) is 42.5 Å². The number of nitrogens with one attached hydrogen (secondary N) is 1. The van der Waals surface area contributed by atoms with Crippen LogP contribution >= 0.6 is 11.8 Å². The number of carboxylic acid groups (broad SMARTS) is 1. The number of anilines is 2. The Morgan fingerprint density at radius 1 is 1.07 bits per heavy atom. The van der Waals surface area contributed by atoms with Crippen molar-refractivity contribution in [2.24, 2.45) is 0 Å². The Kier molecular flexibility index (Phi) is 6.16. The Morgan fingerprint density at radius 3 is 2.33 bits per heavy atom. The number of rotatable bonds is 6. The molecule has 9 heteroatoms. The van der Waals surface area contributed by atoms with Crippen molar-refractivity contribution >= 4 is 40.9 Å². The minimum absolute atomic E-state index is 0.00885. The van der Waals surface area contributed by atoms with Gasteiger partial charge in [0.25, 0.3) is 0 Å². The zero-order valence-corrected chi connectivity index (χ0v) is 16.2. The molecule has 1 saturated heterocycles. The van der Waals surface area contributed by atoms with Crippen LogP contribution in [0.4, 0.5) is 11.4 Å². The third-order valence-electron chi connectivity index (χ3n) is 4.22. The molecule has 1 aliphatic rings. The Bertz CT molecular complexity index is 1120. The lowest BCUT2D eigenvalue weighted by Crippen LogP contribution is -2.32. The number of aromatic carboxylic acids is 1. The molecule has 0 spiro atoms. The number of carbonyl (C=O) groups excluding carboxylic acids is 2. The van der Waals surface area contributed by atoms with Gasteiger partial charge in [0.15, 0.2) is 5.57 Å². The van der Waals surface area contributed by atoms with Gasteiger partial charge in [-0.05, 0) is 24.3 Å². The average Bonchev–Trinajstić information content (AvgIpc) is 3.02. The van der Waals surface area contributed by atoms with Gasteiger partial charge in [0, 0.05) is 12.1 Å². The predicted octanol–water partition coefficient (Wildman–Crippen LogP) is 3.12. The molecule has 1 aliphatic heterocycles. The van der Waals surface area contributed by atoms with Crippen LogP contribution in [0.1, 0.15) is 16.8 Å². The molecule has 2 N–H and O–H groups in total. The summed E-state index contributed by atoms with van der Waals surface area (Å²) in [6.45, 7) is 0. The number of carboxylic acids is 1. The number of imide groups is 1. The number of thioether (sulfide) groups is 1. The predicted molar refractivity (Wildman–Crippen MR) is 110 cm³/mol. The average molecular weight is 418 g/mol. The first-order valence-electron chi connectivity index (χ1n) is 8.68. The fourth-order valence-electron chi connectivity index (χ4n) is 2.87. The summed E-state index contributed by atoms with van der Waals surface area (Å²) in [6, 6.07) is 18.1. The van der Waals surface area contributed by atoms with Crippen LogP contribution in [0.5, 0.6) is 0 Å². The van der Waals surface area contributed by atoms with Gasteiger partial charge in [0.2, 0.25) is 11.8 Å². The van der Waals surface area contributed by atoms with Crippen LogP contribution in [0.2, 0.25) is 0 Å². The van der Waals surface area contributed by atoms with Gasteiger partial charge in [0.1, 0.15) is 17.2 Å². The summed E-state index contributed by atoms with van der Waals surface area (Å²) in [7, 11) is 0. The number of allylic oxidation sites excluding steroid dienone is 1. The lowest BCUT2D eigenvalue weighted by molar-refractivity contribution is -0.121. The van der Waals surface area contributed by atoms with E-state index in [4.69, 9.17) is 0 Å². The molecule has 8 nitrogen and oxygen atoms in total. The first-order valence-corrected chi connectivity index (χ1v) is 9.56. The molecule has 2 amide bonds. The molecule has 2 aromatic rings. The summed E-state index contributed by atoms with van der Waals surface area (Å²) in [4.78, 5) is 37.8. The monoisotopic (exact) mass is 418 g/mol. The van der Waals surface area contributed by atoms with Gasteiger partial charge >= 0.3 is 5.97 Å². The van der Waals surface area contributed by atoms with Gasteiger partial charge in [-0.25, -0.2) is 9.69 Å². The molecule has 0 saturated carbocycles. The highest BCUT2D eigenvalue weighted by atomic mass is 32.2. The third kappa shape index (κ3) is 4.17. The second kappa shape index (κ2) is 8.95. The molecule has 1 heterocycles. The number of hydrogen-bond acceptors (Lipinski definition) is 7. The molecule has 0 aliphatic carbocycles. The van der Waals surface area contributed by atoms with E-state index in [1.807, 2.05) is 0 Å². The SMILES string of the molecule is N#CC(C#N)=C(Nc1ccccc1)S[C@H]1CC(=O)N(c2ccccc2C(=O)O)C1=O. The standard InChI is InChI=1S/C21H14N4O4S/c22-11-13(12-23)19(24-14-6-2-1-3-7-14)30-17-10-18(26)25(20(17)27)16-9-5-4-8-15(16)21(28)29/h1-9,17,24H,10H2,(H,28,29)/t17-/m0/s1. The summed E-state index contributed by atoms with van der Waals surface area (Å²) in [5, 5.41) is 30.1. The minimum Gasteiger partial charge on any atom is -0.478 e. The van der Waals surface area contributed by atoms with Gasteiger partial charge in [-0.2, -0.15) is 10.5 Å². The highest BCUT2D eigenvalue weighted by molar-refractivity contribution is 8.04. The first kappa shape index (κ1) is 20.6. The Hall–Kier alpha value is -4.08. The van der Waals surface area contributed by atoms with Gasteiger partial charge in [-0.15, -0.1) is 0 Å². The largest absolute Gasteiger partial charge is 0.478 e. The topological polar surface area (TPSA) is 134 Å². The minimum atomic E-state index is -1.26. The smallest absolute Gasteiger partial charge is 0.337 e. The van der Waals surface area contributed by atoms with Crippen molar-refractivity contribution in [2.45, 2.75) is 11.7 Å². The molecule has 0 bridgehead atoms. The van der Waals surface area contributed by atoms with E-state index in [-0.39, 0.29) is 28.3 Å². The molecular formula is C21H14N4O4S. The normalized spacial score (nSPS) is 15.3. The zero-order valence-electron chi connectivity index (χ0n) is 15.4. The first-order chi connectivity index (χ1) is 14.5. The molecule has 0 unspecified atom stereocenters. The summed E-state index contributed by atoms with van der Waals surface area (Å²) < 4.78 is 0. The number of amides is 2. The van der Waals surface area contributed by atoms with Crippen LogP contribution in [0.25, 0.3) is 0 Å². The van der Waals surface area contributed by atoms with Crippen LogP contribution < -0.4 is 10.2 Å². The highest BCUT2D eigenvalue weighted by Crippen LogP contribution is 2.36. The number of hydrogen-bond donors (Lipinski definition) is 2. The fourth-order valence-corrected chi connectivity index (χ4v) is 3.97. The molecule has 30 heavy (non-hydrogen) atoms. The number of para-hydroxylation sites is 2. The van der Waals surface area contributed by atoms with E-state index in [1.165, 1.54) is 24.3 Å². The quantitative estimate of drug-likeness (QED) is 0.540. The van der Waals surface area contributed by atoms with E-state index in [2.05, 4.69) is 5.32 Å². The van der Waals surface area contributed by atoms with Gasteiger partial charge in [-0.3, -0.25) is 9.59 Å². The molecule has 3 rings (SSSR count). The van der Waals surface area contributed by atoms with Gasteiger partial charge in [-0.1, -0.05) is 42.1 Å². The second-order valence-electron chi connectivity index (χ2n) is 6.12. The van der Waals surface area contributed by atoms with Crippen molar-refractivity contribution in [3.63, 3.8) is 0 Å². The highest BCUT2D eigenvalue weighted by Gasteiger charge is 2.42. The number of carbonyl (C=O) groups is 3. The molecule has 0 aromatic heterocycles. The lowest BCUT2D eigenvalue weighted by atomic mass is 10.1. The van der Waals surface area contributed by atoms with Crippen LogP contribution in [0.15, 0.2) is 65.2 Å². The van der Waals surface area contributed by atoms with Gasteiger partial charge in [0.05, 0.1) is 16.5 Å². The Labute approximate surface area is 176 Å². The Morgan fingerprint density at radius 2 is 1.70 bits per heavy atom. The lowest BCUT2D eigenvalue weighted by Gasteiger charge is -2.18. The number of benzene rings is 2. The summed E-state index contributed by atoms with van der Waals surface area (Å²) in [5.74, 6) is -2.42. The van der Waals surface area contributed by atoms with E-state index in [0.29, 0.717) is 5.69 Å². The molecule has 0 radical (unpaired) electrons. The van der Waals surface area contributed by atoms with Crippen LogP contribution in [-0.2, 0) is 9.59 Å². The molecule has 1 atom stereocenters. The molecule has 148 valence electrons. The van der Waals surface area contributed by atoms with Crippen molar-refractivity contribution in [2.75, 3.05) is 10.2 Å². The maximum atomic E-state index is 13.0. The van der Waals surface area contributed by atoms with Crippen molar-refractivity contribution in [3.05, 3.63) is 70.8 Å². The summed E-state index contributed by atoms with van der Waals surface area (Å²) in [5.41, 5.74) is 0.199. The Balaban J connectivity index is 1.91. The van der Waals surface area contributed by atoms with Crippen LogP contribution in [0, 0.1) is 22.7 Å².